The lowest BCUT2D eigenvalue weighted by Gasteiger charge is -2.31. The first-order chi connectivity index (χ1) is 16.4. The van der Waals surface area contributed by atoms with Gasteiger partial charge >= 0.3 is 6.18 Å². The number of allylic oxidation sites excluding steroid dienone is 1. The second kappa shape index (κ2) is 11.4. The van der Waals surface area contributed by atoms with Gasteiger partial charge in [0.2, 0.25) is 5.91 Å². The molecule has 1 atom stereocenters. The van der Waals surface area contributed by atoms with Gasteiger partial charge in [0, 0.05) is 40.6 Å². The first-order valence-corrected chi connectivity index (χ1v) is 12.5. The summed E-state index contributed by atoms with van der Waals surface area (Å²) in [7, 11) is 0. The Labute approximate surface area is 220 Å². The van der Waals surface area contributed by atoms with E-state index in [4.69, 9.17) is 23.2 Å². The van der Waals surface area contributed by atoms with Crippen LogP contribution in [0.3, 0.4) is 0 Å². The maximum Gasteiger partial charge on any atom is 0.399 e. The Morgan fingerprint density at radius 2 is 1.74 bits per heavy atom. The average molecular weight is 592 g/mol. The Morgan fingerprint density at radius 1 is 1.14 bits per heavy atom. The molecule has 2 aromatic carbocycles. The summed E-state index contributed by atoms with van der Waals surface area (Å²) in [5, 5.41) is 3.30. The lowest BCUT2D eigenvalue weighted by Crippen LogP contribution is -2.46. The molecule has 1 N–H and O–H groups in total. The van der Waals surface area contributed by atoms with Crippen LogP contribution >= 0.6 is 39.1 Å². The summed E-state index contributed by atoms with van der Waals surface area (Å²) in [4.78, 5) is 25.9. The molecule has 1 unspecified atom stereocenters. The molecule has 0 aliphatic carbocycles. The van der Waals surface area contributed by atoms with Gasteiger partial charge in [-0.15, -0.1) is 0 Å². The number of amides is 2. The molecule has 0 radical (unpaired) electrons. The first kappa shape index (κ1) is 27.6. The van der Waals surface area contributed by atoms with E-state index in [0.717, 1.165) is 6.08 Å². The molecule has 1 heterocycles. The van der Waals surface area contributed by atoms with Gasteiger partial charge in [-0.05, 0) is 76.7 Å². The van der Waals surface area contributed by atoms with Gasteiger partial charge in [0.25, 0.3) is 5.91 Å². The number of piperidine rings is 1. The highest BCUT2D eigenvalue weighted by atomic mass is 79.9. The molecule has 1 saturated heterocycles. The molecule has 3 rings (SSSR count). The third-order valence-corrected chi connectivity index (χ3v) is 7.45. The van der Waals surface area contributed by atoms with Crippen LogP contribution in [-0.4, -0.2) is 42.0 Å². The maximum absolute atomic E-state index is 13.8. The van der Waals surface area contributed by atoms with E-state index in [1.165, 1.54) is 25.1 Å². The van der Waals surface area contributed by atoms with E-state index >= 15 is 0 Å². The molecule has 188 valence electrons. The third kappa shape index (κ3) is 7.02. The van der Waals surface area contributed by atoms with Gasteiger partial charge in [0.15, 0.2) is 0 Å². The van der Waals surface area contributed by atoms with Crippen molar-refractivity contribution in [2.75, 3.05) is 13.1 Å². The summed E-state index contributed by atoms with van der Waals surface area (Å²) in [6.45, 7) is 4.33. The lowest BCUT2D eigenvalue weighted by molar-refractivity contribution is -0.139. The largest absolute Gasteiger partial charge is 0.399 e. The standard InChI is InChI=1S/C25H24BrCl2F3N2O2/c1-14-22(27)12-17(13-23(14)28)20(25(29,30)31)6-4-16-3-5-19(21(26)11-16)24(35)32-18-7-9-33(10-8-18)15(2)34/h3-6,11-13,18,20H,7-10H2,1-2H3,(H,32,35)/b6-4+. The molecular formula is C25H24BrCl2F3N2O2. The Hall–Kier alpha value is -2.03. The summed E-state index contributed by atoms with van der Waals surface area (Å²) in [6, 6.07) is 7.23. The van der Waals surface area contributed by atoms with Crippen LogP contribution in [0.15, 0.2) is 40.9 Å². The number of alkyl halides is 3. The van der Waals surface area contributed by atoms with Gasteiger partial charge < -0.3 is 10.2 Å². The van der Waals surface area contributed by atoms with Gasteiger partial charge in [0.05, 0.1) is 11.5 Å². The number of nitrogens with one attached hydrogen (secondary N) is 1. The van der Waals surface area contributed by atoms with Crippen LogP contribution in [0.5, 0.6) is 0 Å². The molecule has 0 bridgehead atoms. The third-order valence-electron chi connectivity index (χ3n) is 6.01. The molecule has 1 aliphatic rings. The second-order valence-electron chi connectivity index (χ2n) is 8.48. The van der Waals surface area contributed by atoms with Crippen LogP contribution in [-0.2, 0) is 4.79 Å². The molecule has 0 saturated carbocycles. The van der Waals surface area contributed by atoms with E-state index in [1.807, 2.05) is 0 Å². The van der Waals surface area contributed by atoms with E-state index < -0.39 is 12.1 Å². The van der Waals surface area contributed by atoms with Crippen molar-refractivity contribution in [2.45, 2.75) is 44.8 Å². The summed E-state index contributed by atoms with van der Waals surface area (Å²) in [5.41, 5.74) is 1.33. The van der Waals surface area contributed by atoms with Gasteiger partial charge in [-0.3, -0.25) is 9.59 Å². The van der Waals surface area contributed by atoms with Crippen molar-refractivity contribution in [1.82, 2.24) is 10.2 Å². The molecule has 1 aliphatic heterocycles. The summed E-state index contributed by atoms with van der Waals surface area (Å²) < 4.78 is 41.8. The van der Waals surface area contributed by atoms with E-state index in [0.29, 0.717) is 47.1 Å². The Bertz CT molecular complexity index is 1120. The number of halogens is 6. The fraction of sp³-hybridized carbons (Fsp3) is 0.360. The number of hydrogen-bond acceptors (Lipinski definition) is 2. The second-order valence-corrected chi connectivity index (χ2v) is 10.1. The topological polar surface area (TPSA) is 49.4 Å². The zero-order valence-electron chi connectivity index (χ0n) is 19.1. The molecule has 1 fully saturated rings. The molecular weight excluding hydrogens is 568 g/mol. The zero-order chi connectivity index (χ0) is 25.9. The molecule has 0 spiro atoms. The van der Waals surface area contributed by atoms with Crippen molar-refractivity contribution in [3.05, 3.63) is 73.2 Å². The van der Waals surface area contributed by atoms with Crippen LogP contribution in [0, 0.1) is 6.92 Å². The van der Waals surface area contributed by atoms with E-state index in [-0.39, 0.29) is 33.5 Å². The van der Waals surface area contributed by atoms with Crippen LogP contribution in [0.25, 0.3) is 6.08 Å². The Morgan fingerprint density at radius 3 is 2.26 bits per heavy atom. The van der Waals surface area contributed by atoms with Crippen molar-refractivity contribution in [2.24, 2.45) is 0 Å². The molecule has 0 aromatic heterocycles. The number of carbonyl (C=O) groups is 2. The summed E-state index contributed by atoms with van der Waals surface area (Å²) in [6.07, 6.45) is -0.829. The zero-order valence-corrected chi connectivity index (χ0v) is 22.2. The van der Waals surface area contributed by atoms with E-state index in [2.05, 4.69) is 21.2 Å². The Kier molecular flexibility index (Phi) is 8.94. The van der Waals surface area contributed by atoms with Crippen molar-refractivity contribution >= 4 is 57.0 Å². The summed E-state index contributed by atoms with van der Waals surface area (Å²) >= 11 is 15.5. The van der Waals surface area contributed by atoms with Crippen molar-refractivity contribution in [1.29, 1.82) is 0 Å². The number of rotatable bonds is 5. The minimum Gasteiger partial charge on any atom is -0.349 e. The smallest absolute Gasteiger partial charge is 0.349 e. The Balaban J connectivity index is 1.74. The van der Waals surface area contributed by atoms with Crippen molar-refractivity contribution < 1.29 is 22.8 Å². The predicted molar refractivity (Wildman–Crippen MR) is 136 cm³/mol. The normalized spacial score (nSPS) is 15.9. The highest BCUT2D eigenvalue weighted by Crippen LogP contribution is 2.39. The van der Waals surface area contributed by atoms with Crippen LogP contribution in [0.2, 0.25) is 10.0 Å². The predicted octanol–water partition coefficient (Wildman–Crippen LogP) is 7.16. The maximum atomic E-state index is 13.8. The SMILES string of the molecule is CC(=O)N1CCC(NC(=O)c2ccc(/C=C/C(c3cc(Cl)c(C)c(Cl)c3)C(F)(F)F)cc2Br)CC1. The quantitative estimate of drug-likeness (QED) is 0.401. The average Bonchev–Trinajstić information content (AvgIpc) is 2.77. The van der Waals surface area contributed by atoms with Crippen LogP contribution in [0.1, 0.15) is 52.7 Å². The van der Waals surface area contributed by atoms with Gasteiger partial charge in [-0.1, -0.05) is 41.4 Å². The lowest BCUT2D eigenvalue weighted by atomic mass is 9.96. The van der Waals surface area contributed by atoms with Crippen LogP contribution in [0.4, 0.5) is 13.2 Å². The fourth-order valence-electron chi connectivity index (χ4n) is 3.88. The number of nitrogens with zero attached hydrogens (tertiary/aromatic N) is 1. The van der Waals surface area contributed by atoms with Gasteiger partial charge in [-0.2, -0.15) is 13.2 Å². The van der Waals surface area contributed by atoms with Crippen LogP contribution < -0.4 is 5.32 Å². The summed E-state index contributed by atoms with van der Waals surface area (Å²) in [5.74, 6) is -2.17. The first-order valence-electron chi connectivity index (χ1n) is 10.9. The minimum atomic E-state index is -4.55. The fourth-order valence-corrected chi connectivity index (χ4v) is 4.96. The van der Waals surface area contributed by atoms with Gasteiger partial charge in [0.1, 0.15) is 0 Å². The molecule has 2 amide bonds. The van der Waals surface area contributed by atoms with E-state index in [9.17, 15) is 22.8 Å². The highest BCUT2D eigenvalue weighted by Gasteiger charge is 2.39. The number of carbonyl (C=O) groups excluding carboxylic acids is 2. The molecule has 4 nitrogen and oxygen atoms in total. The number of hydrogen-bond donors (Lipinski definition) is 1. The highest BCUT2D eigenvalue weighted by molar-refractivity contribution is 9.10. The number of likely N-dealkylation sites (tertiary alicyclic amines) is 1. The van der Waals surface area contributed by atoms with Crippen molar-refractivity contribution in [3.8, 4) is 0 Å². The molecule has 35 heavy (non-hydrogen) atoms. The van der Waals surface area contributed by atoms with Crippen molar-refractivity contribution in [3.63, 3.8) is 0 Å². The van der Waals surface area contributed by atoms with Gasteiger partial charge in [-0.25, -0.2) is 0 Å². The van der Waals surface area contributed by atoms with E-state index in [1.54, 1.807) is 30.0 Å². The monoisotopic (exact) mass is 590 g/mol. The number of benzene rings is 2. The molecule has 2 aromatic rings. The molecule has 10 heteroatoms. The minimum absolute atomic E-state index is 0.0162.